The molecule has 0 bridgehead atoms. The first-order valence-electron chi connectivity index (χ1n) is 6.16. The summed E-state index contributed by atoms with van der Waals surface area (Å²) in [6.07, 6.45) is 1.82. The molecule has 0 radical (unpaired) electrons. The summed E-state index contributed by atoms with van der Waals surface area (Å²) in [7, 11) is 0. The number of rotatable bonds is 3. The Hall–Kier alpha value is -2.06. The highest BCUT2D eigenvalue weighted by molar-refractivity contribution is 7.99. The van der Waals surface area contributed by atoms with Crippen LogP contribution in [-0.2, 0) is 0 Å². The van der Waals surface area contributed by atoms with Crippen LogP contribution in [0, 0.1) is 0 Å². The van der Waals surface area contributed by atoms with E-state index in [1.165, 1.54) is 16.0 Å². The van der Waals surface area contributed by atoms with Gasteiger partial charge in [0.25, 0.3) is 0 Å². The van der Waals surface area contributed by atoms with Crippen molar-refractivity contribution in [2.24, 2.45) is 0 Å². The molecule has 0 saturated carbocycles. The second-order valence-electron chi connectivity index (χ2n) is 4.16. The molecule has 0 fully saturated rings. The molecule has 0 aliphatic heterocycles. The van der Waals surface area contributed by atoms with Crippen molar-refractivity contribution in [1.29, 1.82) is 0 Å². The molecule has 0 unspecified atom stereocenters. The maximum atomic E-state index is 4.34. The molecule has 0 saturated heterocycles. The van der Waals surface area contributed by atoms with E-state index in [9.17, 15) is 0 Å². The lowest BCUT2D eigenvalue weighted by molar-refractivity contribution is 1.13. The zero-order valence-corrected chi connectivity index (χ0v) is 11.2. The predicted octanol–water partition coefficient (Wildman–Crippen LogP) is 4.90. The molecule has 0 aliphatic carbocycles. The van der Waals surface area contributed by atoms with E-state index in [1.807, 2.05) is 30.5 Å². The summed E-state index contributed by atoms with van der Waals surface area (Å²) in [5.74, 6) is 0. The number of hydrogen-bond acceptors (Lipinski definition) is 2. The first-order chi connectivity index (χ1) is 9.42. The molecule has 92 valence electrons. The second kappa shape index (κ2) is 5.72. The molecular weight excluding hydrogens is 250 g/mol. The fraction of sp³-hybridized carbons (Fsp3) is 0. The number of benzene rings is 2. The van der Waals surface area contributed by atoms with E-state index in [2.05, 4.69) is 53.5 Å². The summed E-state index contributed by atoms with van der Waals surface area (Å²) in [6, 6.07) is 24.9. The van der Waals surface area contributed by atoms with Gasteiger partial charge in [-0.2, -0.15) is 0 Å². The lowest BCUT2D eigenvalue weighted by Crippen LogP contribution is -1.80. The van der Waals surface area contributed by atoms with E-state index >= 15 is 0 Å². The summed E-state index contributed by atoms with van der Waals surface area (Å²) in [5, 5.41) is 1.02. The molecule has 0 spiro atoms. The highest BCUT2D eigenvalue weighted by atomic mass is 32.2. The smallest absolute Gasteiger partial charge is 0.101 e. The minimum atomic E-state index is 1.02. The molecule has 0 N–H and O–H groups in total. The van der Waals surface area contributed by atoms with Crippen molar-refractivity contribution in [3.63, 3.8) is 0 Å². The van der Waals surface area contributed by atoms with Crippen LogP contribution in [0.3, 0.4) is 0 Å². The van der Waals surface area contributed by atoms with Crippen molar-refractivity contribution in [3.8, 4) is 11.1 Å². The Morgan fingerprint density at radius 3 is 2.26 bits per heavy atom. The molecule has 1 aromatic heterocycles. The molecule has 0 aliphatic rings. The minimum absolute atomic E-state index is 1.02. The summed E-state index contributed by atoms with van der Waals surface area (Å²) in [5.41, 5.74) is 2.48. The third kappa shape index (κ3) is 3.04. The second-order valence-corrected chi connectivity index (χ2v) is 5.26. The fourth-order valence-electron chi connectivity index (χ4n) is 1.90. The van der Waals surface area contributed by atoms with Crippen molar-refractivity contribution >= 4 is 11.8 Å². The largest absolute Gasteiger partial charge is 0.250 e. The van der Waals surface area contributed by atoms with Gasteiger partial charge in [-0.25, -0.2) is 4.98 Å². The molecule has 0 atom stereocenters. The van der Waals surface area contributed by atoms with Gasteiger partial charge in [0, 0.05) is 11.1 Å². The van der Waals surface area contributed by atoms with E-state index in [0.717, 1.165) is 5.03 Å². The molecule has 1 heterocycles. The SMILES string of the molecule is c1ccc(-c2cccc(Sc3ccccn3)c2)cc1. The maximum Gasteiger partial charge on any atom is 0.101 e. The topological polar surface area (TPSA) is 12.9 Å². The van der Waals surface area contributed by atoms with Crippen molar-refractivity contribution in [2.45, 2.75) is 9.92 Å². The van der Waals surface area contributed by atoms with Gasteiger partial charge in [-0.3, -0.25) is 0 Å². The summed E-state index contributed by atoms with van der Waals surface area (Å²) in [6.45, 7) is 0. The fourth-order valence-corrected chi connectivity index (χ4v) is 2.73. The Bertz CT molecular complexity index is 650. The van der Waals surface area contributed by atoms with E-state index in [4.69, 9.17) is 0 Å². The van der Waals surface area contributed by atoms with Crippen molar-refractivity contribution in [1.82, 2.24) is 4.98 Å². The standard InChI is InChI=1S/C17H13NS/c1-2-7-14(8-3-1)15-9-6-10-16(13-15)19-17-11-4-5-12-18-17/h1-13H. The number of nitrogens with zero attached hydrogens (tertiary/aromatic N) is 1. The zero-order chi connectivity index (χ0) is 12.9. The molecule has 2 heteroatoms. The first kappa shape index (κ1) is 12.0. The van der Waals surface area contributed by atoms with Crippen LogP contribution in [0.5, 0.6) is 0 Å². The number of pyridine rings is 1. The minimum Gasteiger partial charge on any atom is -0.250 e. The Balaban J connectivity index is 1.89. The van der Waals surface area contributed by atoms with Crippen LogP contribution in [-0.4, -0.2) is 4.98 Å². The predicted molar refractivity (Wildman–Crippen MR) is 80.2 cm³/mol. The quantitative estimate of drug-likeness (QED) is 0.666. The van der Waals surface area contributed by atoms with Crippen LogP contribution in [0.15, 0.2) is 88.9 Å². The third-order valence-corrected chi connectivity index (χ3v) is 3.74. The van der Waals surface area contributed by atoms with E-state index in [0.29, 0.717) is 0 Å². The molecule has 3 aromatic rings. The number of aromatic nitrogens is 1. The average Bonchev–Trinajstić information content (AvgIpc) is 2.49. The Morgan fingerprint density at radius 2 is 1.47 bits per heavy atom. The lowest BCUT2D eigenvalue weighted by Gasteiger charge is -2.05. The van der Waals surface area contributed by atoms with Gasteiger partial charge < -0.3 is 0 Å². The van der Waals surface area contributed by atoms with Gasteiger partial charge in [-0.15, -0.1) is 0 Å². The Morgan fingerprint density at radius 1 is 0.684 bits per heavy atom. The normalized spacial score (nSPS) is 10.3. The molecular formula is C17H13NS. The summed E-state index contributed by atoms with van der Waals surface area (Å²) >= 11 is 1.69. The molecule has 19 heavy (non-hydrogen) atoms. The van der Waals surface area contributed by atoms with Crippen LogP contribution < -0.4 is 0 Å². The highest BCUT2D eigenvalue weighted by Crippen LogP contribution is 2.29. The Labute approximate surface area is 117 Å². The van der Waals surface area contributed by atoms with Crippen LogP contribution in [0.4, 0.5) is 0 Å². The monoisotopic (exact) mass is 263 g/mol. The van der Waals surface area contributed by atoms with Gasteiger partial charge in [0.1, 0.15) is 5.03 Å². The van der Waals surface area contributed by atoms with Gasteiger partial charge in [0.15, 0.2) is 0 Å². The van der Waals surface area contributed by atoms with Crippen LogP contribution >= 0.6 is 11.8 Å². The number of hydrogen-bond donors (Lipinski definition) is 0. The van der Waals surface area contributed by atoms with Gasteiger partial charge in [0.2, 0.25) is 0 Å². The summed E-state index contributed by atoms with van der Waals surface area (Å²) < 4.78 is 0. The molecule has 0 amide bonds. The lowest BCUT2D eigenvalue weighted by atomic mass is 10.1. The van der Waals surface area contributed by atoms with Crippen molar-refractivity contribution in [2.75, 3.05) is 0 Å². The Kier molecular flexibility index (Phi) is 3.61. The maximum absolute atomic E-state index is 4.34. The summed E-state index contributed by atoms with van der Waals surface area (Å²) in [4.78, 5) is 5.55. The molecule has 3 rings (SSSR count). The molecule has 2 aromatic carbocycles. The molecule has 1 nitrogen and oxygen atoms in total. The van der Waals surface area contributed by atoms with Crippen molar-refractivity contribution < 1.29 is 0 Å². The van der Waals surface area contributed by atoms with Gasteiger partial charge in [-0.1, -0.05) is 60.3 Å². The van der Waals surface area contributed by atoms with Crippen molar-refractivity contribution in [3.05, 3.63) is 79.0 Å². The van der Waals surface area contributed by atoms with Gasteiger partial charge >= 0.3 is 0 Å². The zero-order valence-electron chi connectivity index (χ0n) is 10.4. The van der Waals surface area contributed by atoms with Gasteiger partial charge in [-0.05, 0) is 35.4 Å². The van der Waals surface area contributed by atoms with Crippen LogP contribution in [0.1, 0.15) is 0 Å². The highest BCUT2D eigenvalue weighted by Gasteiger charge is 2.01. The van der Waals surface area contributed by atoms with E-state index in [-0.39, 0.29) is 0 Å². The third-order valence-electron chi connectivity index (χ3n) is 2.80. The van der Waals surface area contributed by atoms with E-state index in [1.54, 1.807) is 11.8 Å². The average molecular weight is 263 g/mol. The van der Waals surface area contributed by atoms with E-state index < -0.39 is 0 Å². The van der Waals surface area contributed by atoms with Crippen LogP contribution in [0.25, 0.3) is 11.1 Å². The first-order valence-corrected chi connectivity index (χ1v) is 6.98. The van der Waals surface area contributed by atoms with Gasteiger partial charge in [0.05, 0.1) is 0 Å². The van der Waals surface area contributed by atoms with Crippen LogP contribution in [0.2, 0.25) is 0 Å².